The fourth-order valence-corrected chi connectivity index (χ4v) is 4.51. The Balaban J connectivity index is 1.59. The highest BCUT2D eigenvalue weighted by Gasteiger charge is 2.35. The Morgan fingerprint density at radius 1 is 1.30 bits per heavy atom. The van der Waals surface area contributed by atoms with Gasteiger partial charge in [-0.1, -0.05) is 11.6 Å². The molecule has 0 bridgehead atoms. The van der Waals surface area contributed by atoms with Crippen molar-refractivity contribution in [3.63, 3.8) is 0 Å². The number of non-ortho nitro benzene ring substituents is 1. The lowest BCUT2D eigenvalue weighted by atomic mass is 10.2. The first-order valence-electron chi connectivity index (χ1n) is 8.80. The summed E-state index contributed by atoms with van der Waals surface area (Å²) in [5.74, 6) is 1.73. The Hall–Kier alpha value is -1.84. The maximum absolute atomic E-state index is 12.8. The molecular weight excluding hydrogens is 392 g/mol. The van der Waals surface area contributed by atoms with E-state index >= 15 is 0 Å². The van der Waals surface area contributed by atoms with Crippen molar-refractivity contribution in [1.82, 2.24) is 9.80 Å². The quantitative estimate of drug-likeness (QED) is 0.588. The minimum atomic E-state index is -0.545. The van der Waals surface area contributed by atoms with Crippen molar-refractivity contribution in [2.45, 2.75) is 18.9 Å². The number of nitro groups is 1. The van der Waals surface area contributed by atoms with Crippen molar-refractivity contribution >= 4 is 46.6 Å². The third kappa shape index (κ3) is 4.91. The van der Waals surface area contributed by atoms with Crippen molar-refractivity contribution in [2.75, 3.05) is 43.0 Å². The van der Waals surface area contributed by atoms with Crippen LogP contribution in [0.5, 0.6) is 0 Å². The molecule has 146 valence electrons. The van der Waals surface area contributed by atoms with Gasteiger partial charge in [0.15, 0.2) is 0 Å². The molecule has 3 rings (SSSR count). The third-order valence-corrected chi connectivity index (χ3v) is 6.01. The van der Waals surface area contributed by atoms with E-state index in [0.717, 1.165) is 37.4 Å². The molecule has 10 heteroatoms. The molecule has 27 heavy (non-hydrogen) atoms. The third-order valence-electron chi connectivity index (χ3n) is 4.76. The maximum Gasteiger partial charge on any atom is 0.271 e. The van der Waals surface area contributed by atoms with E-state index in [1.54, 1.807) is 0 Å². The zero-order valence-electron chi connectivity index (χ0n) is 14.7. The predicted molar refractivity (Wildman–Crippen MR) is 105 cm³/mol. The Morgan fingerprint density at radius 3 is 2.70 bits per heavy atom. The number of carbonyl (C=O) groups excluding carboxylic acids is 2. The van der Waals surface area contributed by atoms with Gasteiger partial charge in [0, 0.05) is 36.7 Å². The van der Waals surface area contributed by atoms with Gasteiger partial charge < -0.3 is 10.2 Å². The molecule has 2 aliphatic rings. The second-order valence-electron chi connectivity index (χ2n) is 6.54. The zero-order valence-corrected chi connectivity index (χ0v) is 16.3. The molecule has 1 unspecified atom stereocenters. The fraction of sp³-hybridized carbons (Fsp3) is 0.529. The number of hydrogen-bond donors (Lipinski definition) is 1. The van der Waals surface area contributed by atoms with Crippen molar-refractivity contribution < 1.29 is 14.5 Å². The summed E-state index contributed by atoms with van der Waals surface area (Å²) < 4.78 is 0. The van der Waals surface area contributed by atoms with Crippen LogP contribution in [0.15, 0.2) is 18.2 Å². The van der Waals surface area contributed by atoms with Gasteiger partial charge in [0.1, 0.15) is 0 Å². The highest BCUT2D eigenvalue weighted by atomic mass is 35.5. The topological polar surface area (TPSA) is 95.8 Å². The van der Waals surface area contributed by atoms with Crippen LogP contribution >= 0.6 is 23.4 Å². The summed E-state index contributed by atoms with van der Waals surface area (Å²) in [7, 11) is 0. The SMILES string of the molecule is O=C(CN1CCCC1C(=O)N1CCSCC1)Nc1ccc([N+](=O)[O-])cc1Cl. The number of nitrogens with zero attached hydrogens (tertiary/aromatic N) is 3. The molecule has 0 spiro atoms. The molecule has 8 nitrogen and oxygen atoms in total. The van der Waals surface area contributed by atoms with E-state index in [1.807, 2.05) is 21.6 Å². The molecule has 2 heterocycles. The Labute approximate surface area is 166 Å². The lowest BCUT2D eigenvalue weighted by Gasteiger charge is -2.32. The van der Waals surface area contributed by atoms with E-state index in [4.69, 9.17) is 11.6 Å². The normalized spacial score (nSPS) is 20.5. The first kappa shape index (κ1) is 19.9. The van der Waals surface area contributed by atoms with Crippen LogP contribution in [0.2, 0.25) is 5.02 Å². The molecule has 0 saturated carbocycles. The van der Waals surface area contributed by atoms with Crippen LogP contribution in [0.3, 0.4) is 0 Å². The summed E-state index contributed by atoms with van der Waals surface area (Å²) >= 11 is 7.87. The molecule has 2 amide bonds. The second kappa shape index (κ2) is 8.90. The summed E-state index contributed by atoms with van der Waals surface area (Å²) in [5, 5.41) is 13.6. The number of benzene rings is 1. The minimum absolute atomic E-state index is 0.0896. The highest BCUT2D eigenvalue weighted by molar-refractivity contribution is 7.99. The van der Waals surface area contributed by atoms with Gasteiger partial charge in [-0.15, -0.1) is 0 Å². The summed E-state index contributed by atoms with van der Waals surface area (Å²) in [6, 6.07) is 3.65. The van der Waals surface area contributed by atoms with E-state index in [-0.39, 0.29) is 35.1 Å². The van der Waals surface area contributed by atoms with Gasteiger partial charge in [0.2, 0.25) is 11.8 Å². The summed E-state index contributed by atoms with van der Waals surface area (Å²) in [4.78, 5) is 39.2. The number of hydrogen-bond acceptors (Lipinski definition) is 6. The van der Waals surface area contributed by atoms with Gasteiger partial charge in [-0.05, 0) is 25.5 Å². The smallest absolute Gasteiger partial charge is 0.271 e. The van der Waals surface area contributed by atoms with E-state index < -0.39 is 4.92 Å². The van der Waals surface area contributed by atoms with Gasteiger partial charge in [-0.25, -0.2) is 0 Å². The van der Waals surface area contributed by atoms with Crippen LogP contribution in [0, 0.1) is 10.1 Å². The number of thioether (sulfide) groups is 1. The molecule has 1 atom stereocenters. The number of nitro benzene ring substituents is 1. The van der Waals surface area contributed by atoms with E-state index in [1.165, 1.54) is 18.2 Å². The molecule has 2 aliphatic heterocycles. The number of likely N-dealkylation sites (tertiary alicyclic amines) is 1. The monoisotopic (exact) mass is 412 g/mol. The van der Waals surface area contributed by atoms with Crippen LogP contribution in [-0.2, 0) is 9.59 Å². The summed E-state index contributed by atoms with van der Waals surface area (Å²) in [6.07, 6.45) is 1.64. The molecule has 0 aliphatic carbocycles. The maximum atomic E-state index is 12.8. The average molecular weight is 413 g/mol. The standard InChI is InChI=1S/C17H21ClN4O4S/c18-13-10-12(22(25)26)3-4-14(13)19-16(23)11-21-5-1-2-15(21)17(24)20-6-8-27-9-7-20/h3-4,10,15H,1-2,5-9,11H2,(H,19,23). The summed E-state index contributed by atoms with van der Waals surface area (Å²) in [5.41, 5.74) is 0.185. The average Bonchev–Trinajstić information content (AvgIpc) is 3.11. The second-order valence-corrected chi connectivity index (χ2v) is 8.17. The van der Waals surface area contributed by atoms with Crippen LogP contribution in [0.4, 0.5) is 11.4 Å². The molecule has 1 aromatic rings. The van der Waals surface area contributed by atoms with Gasteiger partial charge in [-0.3, -0.25) is 24.6 Å². The van der Waals surface area contributed by atoms with Gasteiger partial charge >= 0.3 is 0 Å². The minimum Gasteiger partial charge on any atom is -0.340 e. The van der Waals surface area contributed by atoms with Crippen molar-refractivity contribution in [3.05, 3.63) is 33.3 Å². The van der Waals surface area contributed by atoms with Crippen molar-refractivity contribution in [2.24, 2.45) is 0 Å². The first-order valence-corrected chi connectivity index (χ1v) is 10.3. The lowest BCUT2D eigenvalue weighted by Crippen LogP contribution is -2.49. The number of anilines is 1. The van der Waals surface area contributed by atoms with Crippen LogP contribution < -0.4 is 5.32 Å². The van der Waals surface area contributed by atoms with Gasteiger partial charge in [0.25, 0.3) is 5.69 Å². The molecule has 2 saturated heterocycles. The van der Waals surface area contributed by atoms with Crippen LogP contribution in [-0.4, -0.2) is 70.3 Å². The Kier molecular flexibility index (Phi) is 6.56. The molecule has 2 fully saturated rings. The molecule has 1 aromatic carbocycles. The van der Waals surface area contributed by atoms with Crippen LogP contribution in [0.25, 0.3) is 0 Å². The number of amides is 2. The number of carbonyl (C=O) groups is 2. The molecular formula is C17H21ClN4O4S. The zero-order chi connectivity index (χ0) is 19.4. The number of halogens is 1. The number of nitrogens with one attached hydrogen (secondary N) is 1. The number of rotatable bonds is 5. The largest absolute Gasteiger partial charge is 0.340 e. The van der Waals surface area contributed by atoms with E-state index in [9.17, 15) is 19.7 Å². The Morgan fingerprint density at radius 2 is 2.04 bits per heavy atom. The molecule has 0 aromatic heterocycles. The van der Waals surface area contributed by atoms with Crippen molar-refractivity contribution in [3.8, 4) is 0 Å². The first-order chi connectivity index (χ1) is 13.0. The Bertz CT molecular complexity index is 742. The molecule has 0 radical (unpaired) electrons. The fourth-order valence-electron chi connectivity index (χ4n) is 3.38. The van der Waals surface area contributed by atoms with Gasteiger partial charge in [0.05, 0.1) is 28.2 Å². The summed E-state index contributed by atoms with van der Waals surface area (Å²) in [6.45, 7) is 2.31. The predicted octanol–water partition coefficient (Wildman–Crippen LogP) is 2.23. The molecule has 1 N–H and O–H groups in total. The van der Waals surface area contributed by atoms with Crippen LogP contribution in [0.1, 0.15) is 12.8 Å². The van der Waals surface area contributed by atoms with Gasteiger partial charge in [-0.2, -0.15) is 11.8 Å². The van der Waals surface area contributed by atoms with E-state index in [2.05, 4.69) is 5.32 Å². The lowest BCUT2D eigenvalue weighted by molar-refractivity contribution is -0.384. The highest BCUT2D eigenvalue weighted by Crippen LogP contribution is 2.27. The van der Waals surface area contributed by atoms with E-state index in [0.29, 0.717) is 12.2 Å². The van der Waals surface area contributed by atoms with Crippen molar-refractivity contribution in [1.29, 1.82) is 0 Å².